The molecule has 4 aromatic carbocycles. The van der Waals surface area contributed by atoms with Crippen molar-refractivity contribution in [2.45, 2.75) is 19.3 Å². The number of aromatic nitrogens is 3. The fourth-order valence-electron chi connectivity index (χ4n) is 8.84. The van der Waals surface area contributed by atoms with E-state index in [1.54, 1.807) is 0 Å². The van der Waals surface area contributed by atoms with E-state index in [2.05, 4.69) is 159 Å². The highest BCUT2D eigenvalue weighted by Crippen LogP contribution is 2.46. The van der Waals surface area contributed by atoms with E-state index < -0.39 is 0 Å². The Morgan fingerprint density at radius 3 is 2.19 bits per heavy atom. The lowest BCUT2D eigenvalue weighted by Crippen LogP contribution is -2.15. The maximum atomic E-state index is 6.73. The zero-order valence-electron chi connectivity index (χ0n) is 29.8. The Morgan fingerprint density at radius 2 is 1.33 bits per heavy atom. The standard InChI is InChI=1S/C50H35N3O/c1-30-29-35(43-28-25-34-22-21-33-24-27-42(32-12-3-2-4-13-32)51-46(33)47(34)52-43)23-26-36(30)49-45-40-16-7-8-20-44(40)54-50(45)41-19-10-18-39(48(41)53-49)38-17-9-14-31-11-5-6-15-37(31)38/h2-28,30,37-38H,29H2,1H3. The molecule has 54 heavy (non-hydrogen) atoms. The van der Waals surface area contributed by atoms with E-state index >= 15 is 0 Å². The maximum absolute atomic E-state index is 6.73. The minimum absolute atomic E-state index is 0.176. The number of nitrogens with zero attached hydrogens (tertiary/aromatic N) is 3. The molecule has 0 spiro atoms. The predicted molar refractivity (Wildman–Crippen MR) is 223 cm³/mol. The van der Waals surface area contributed by atoms with Crippen molar-refractivity contribution in [3.8, 4) is 11.3 Å². The van der Waals surface area contributed by atoms with Gasteiger partial charge in [-0.2, -0.15) is 0 Å². The number of para-hydroxylation sites is 2. The van der Waals surface area contributed by atoms with Gasteiger partial charge in [0.05, 0.1) is 39.0 Å². The largest absolute Gasteiger partial charge is 0.455 e. The molecule has 0 radical (unpaired) electrons. The Kier molecular flexibility index (Phi) is 6.99. The third-order valence-electron chi connectivity index (χ3n) is 11.5. The van der Waals surface area contributed by atoms with Gasteiger partial charge in [-0.3, -0.25) is 0 Å². The highest BCUT2D eigenvalue weighted by Gasteiger charge is 2.29. The molecule has 4 heterocycles. The lowest BCUT2D eigenvalue weighted by molar-refractivity contribution is 0.669. The summed E-state index contributed by atoms with van der Waals surface area (Å²) >= 11 is 0. The first kappa shape index (κ1) is 30.9. The molecule has 4 heteroatoms. The summed E-state index contributed by atoms with van der Waals surface area (Å²) in [5.74, 6) is 0.643. The van der Waals surface area contributed by atoms with Gasteiger partial charge in [0.1, 0.15) is 11.2 Å². The maximum Gasteiger partial charge on any atom is 0.147 e. The zero-order valence-corrected chi connectivity index (χ0v) is 29.8. The summed E-state index contributed by atoms with van der Waals surface area (Å²) in [5.41, 5.74) is 13.7. The Morgan fingerprint density at radius 1 is 0.593 bits per heavy atom. The second-order valence-electron chi connectivity index (χ2n) is 14.7. The van der Waals surface area contributed by atoms with E-state index in [4.69, 9.17) is 19.4 Å². The third kappa shape index (κ3) is 4.87. The zero-order chi connectivity index (χ0) is 35.8. The molecule has 0 N–H and O–H groups in total. The molecule has 0 fully saturated rings. The molecular formula is C50H35N3O. The number of allylic oxidation sites excluding steroid dienone is 12. The van der Waals surface area contributed by atoms with Crippen LogP contribution in [0.2, 0.25) is 0 Å². The number of furan rings is 1. The molecule has 256 valence electrons. The molecule has 0 aliphatic heterocycles. The van der Waals surface area contributed by atoms with Crippen molar-refractivity contribution in [2.75, 3.05) is 0 Å². The number of hydrogen-bond donors (Lipinski definition) is 0. The van der Waals surface area contributed by atoms with Crippen LogP contribution in [-0.4, -0.2) is 15.0 Å². The van der Waals surface area contributed by atoms with E-state index in [1.807, 2.05) is 12.1 Å². The van der Waals surface area contributed by atoms with Crippen molar-refractivity contribution < 1.29 is 4.42 Å². The number of fused-ring (bicyclic) bond motifs is 9. The third-order valence-corrected chi connectivity index (χ3v) is 11.5. The van der Waals surface area contributed by atoms with Crippen LogP contribution in [-0.2, 0) is 0 Å². The molecule has 0 bridgehead atoms. The van der Waals surface area contributed by atoms with E-state index in [9.17, 15) is 0 Å². The van der Waals surface area contributed by atoms with Crippen LogP contribution in [0.5, 0.6) is 0 Å². The molecule has 0 saturated carbocycles. The van der Waals surface area contributed by atoms with Gasteiger partial charge in [-0.05, 0) is 58.9 Å². The first-order chi connectivity index (χ1) is 26.7. The van der Waals surface area contributed by atoms with E-state index in [0.29, 0.717) is 0 Å². The van der Waals surface area contributed by atoms with Gasteiger partial charge in [-0.25, -0.2) is 15.0 Å². The highest BCUT2D eigenvalue weighted by atomic mass is 16.3. The molecule has 3 aliphatic carbocycles. The molecule has 3 atom stereocenters. The van der Waals surface area contributed by atoms with Crippen molar-refractivity contribution in [3.63, 3.8) is 0 Å². The van der Waals surface area contributed by atoms with Crippen LogP contribution in [0, 0.1) is 11.8 Å². The first-order valence-electron chi connectivity index (χ1n) is 18.8. The number of rotatable bonds is 4. The summed E-state index contributed by atoms with van der Waals surface area (Å²) < 4.78 is 6.73. The smallest absolute Gasteiger partial charge is 0.147 e. The van der Waals surface area contributed by atoms with Gasteiger partial charge in [0, 0.05) is 38.9 Å². The van der Waals surface area contributed by atoms with Gasteiger partial charge in [-0.15, -0.1) is 0 Å². The second-order valence-corrected chi connectivity index (χ2v) is 14.7. The molecule has 11 rings (SSSR count). The number of pyridine rings is 3. The summed E-state index contributed by atoms with van der Waals surface area (Å²) in [6.45, 7) is 2.31. The van der Waals surface area contributed by atoms with Crippen LogP contribution >= 0.6 is 0 Å². The van der Waals surface area contributed by atoms with E-state index in [-0.39, 0.29) is 17.8 Å². The average Bonchev–Trinajstić information content (AvgIpc) is 3.63. The quantitative estimate of drug-likeness (QED) is 0.172. The second kappa shape index (κ2) is 12.2. The fourth-order valence-corrected chi connectivity index (χ4v) is 8.84. The van der Waals surface area contributed by atoms with Crippen LogP contribution in [0.1, 0.15) is 36.2 Å². The van der Waals surface area contributed by atoms with Crippen molar-refractivity contribution in [2.24, 2.45) is 11.8 Å². The number of benzene rings is 4. The summed E-state index contributed by atoms with van der Waals surface area (Å²) in [6, 6.07) is 38.2. The summed E-state index contributed by atoms with van der Waals surface area (Å²) in [7, 11) is 0. The van der Waals surface area contributed by atoms with Gasteiger partial charge in [0.25, 0.3) is 0 Å². The average molecular weight is 694 g/mol. The number of hydrogen-bond acceptors (Lipinski definition) is 4. The van der Waals surface area contributed by atoms with Crippen LogP contribution in [0.3, 0.4) is 0 Å². The Labute approximate surface area is 312 Å². The van der Waals surface area contributed by atoms with Crippen LogP contribution < -0.4 is 0 Å². The van der Waals surface area contributed by atoms with Crippen molar-refractivity contribution in [3.05, 3.63) is 186 Å². The molecular weight excluding hydrogens is 659 g/mol. The van der Waals surface area contributed by atoms with E-state index in [1.165, 1.54) is 22.3 Å². The van der Waals surface area contributed by atoms with Crippen LogP contribution in [0.15, 0.2) is 174 Å². The SMILES string of the molecule is CC1CC(c2ccc3ccc4ccc(-c5ccccc5)nc4c3n2)=CC=C1c1nc2c(C3C=CC=C4C=CC=CC43)cccc2c2oc3ccccc3c12. The lowest BCUT2D eigenvalue weighted by Gasteiger charge is -2.28. The molecule has 3 unspecified atom stereocenters. The minimum atomic E-state index is 0.176. The van der Waals surface area contributed by atoms with Crippen LogP contribution in [0.4, 0.5) is 0 Å². The Bertz CT molecular complexity index is 3050. The minimum Gasteiger partial charge on any atom is -0.455 e. The Balaban J connectivity index is 1.07. The molecule has 0 saturated heterocycles. The lowest BCUT2D eigenvalue weighted by atomic mass is 9.76. The first-order valence-corrected chi connectivity index (χ1v) is 18.8. The summed E-state index contributed by atoms with van der Waals surface area (Å²) in [5, 5.41) is 5.41. The Hall–Kier alpha value is -6.65. The monoisotopic (exact) mass is 693 g/mol. The van der Waals surface area contributed by atoms with Crippen LogP contribution in [0.25, 0.3) is 77.1 Å². The van der Waals surface area contributed by atoms with Crippen molar-refractivity contribution in [1.82, 2.24) is 15.0 Å². The van der Waals surface area contributed by atoms with Crippen molar-refractivity contribution >= 4 is 65.8 Å². The molecule has 3 aliphatic rings. The molecule has 4 aromatic heterocycles. The van der Waals surface area contributed by atoms with Gasteiger partial charge < -0.3 is 4.42 Å². The van der Waals surface area contributed by atoms with Gasteiger partial charge in [0.2, 0.25) is 0 Å². The van der Waals surface area contributed by atoms with Gasteiger partial charge >= 0.3 is 0 Å². The predicted octanol–water partition coefficient (Wildman–Crippen LogP) is 12.7. The normalized spacial score (nSPS) is 19.4. The summed E-state index contributed by atoms with van der Waals surface area (Å²) in [6.07, 6.45) is 21.0. The van der Waals surface area contributed by atoms with Crippen molar-refractivity contribution in [1.29, 1.82) is 0 Å². The topological polar surface area (TPSA) is 51.8 Å². The molecule has 8 aromatic rings. The van der Waals surface area contributed by atoms with E-state index in [0.717, 1.165) is 83.7 Å². The fraction of sp³-hybridized carbons (Fsp3) is 0.100. The van der Waals surface area contributed by atoms with Gasteiger partial charge in [-0.1, -0.05) is 147 Å². The van der Waals surface area contributed by atoms with Gasteiger partial charge in [0.15, 0.2) is 0 Å². The molecule has 0 amide bonds. The highest BCUT2D eigenvalue weighted by molar-refractivity contribution is 6.18. The molecule has 4 nitrogen and oxygen atoms in total. The summed E-state index contributed by atoms with van der Waals surface area (Å²) in [4.78, 5) is 16.1.